The van der Waals surface area contributed by atoms with Gasteiger partial charge in [-0.3, -0.25) is 0 Å². The zero-order valence-electron chi connectivity index (χ0n) is 7.95. The maximum absolute atomic E-state index is 12.5. The van der Waals surface area contributed by atoms with Gasteiger partial charge in [0.25, 0.3) is 0 Å². The molecular formula is C8H9F3N2O2S. The summed E-state index contributed by atoms with van der Waals surface area (Å²) in [5.41, 5.74) is 4.18. The SMILES string of the molecule is NCc1ccc(C(F)(F)F)c(S(N)(=O)=O)c1. The minimum atomic E-state index is -4.77. The van der Waals surface area contributed by atoms with E-state index in [9.17, 15) is 21.6 Å². The Labute approximate surface area is 90.1 Å². The van der Waals surface area contributed by atoms with E-state index in [0.717, 1.165) is 12.1 Å². The molecule has 90 valence electrons. The van der Waals surface area contributed by atoms with Crippen molar-refractivity contribution in [1.82, 2.24) is 0 Å². The molecule has 1 rings (SSSR count). The molecule has 0 atom stereocenters. The van der Waals surface area contributed by atoms with Crippen molar-refractivity contribution in [2.45, 2.75) is 17.6 Å². The lowest BCUT2D eigenvalue weighted by Gasteiger charge is -2.12. The molecule has 0 amide bonds. The average molecular weight is 254 g/mol. The zero-order valence-corrected chi connectivity index (χ0v) is 8.77. The molecule has 1 aromatic carbocycles. The molecule has 0 saturated carbocycles. The van der Waals surface area contributed by atoms with Gasteiger partial charge in [-0.25, -0.2) is 13.6 Å². The largest absolute Gasteiger partial charge is 0.417 e. The van der Waals surface area contributed by atoms with E-state index in [4.69, 9.17) is 10.9 Å². The summed E-state index contributed by atoms with van der Waals surface area (Å²) in [5.74, 6) is 0. The number of halogens is 3. The van der Waals surface area contributed by atoms with E-state index in [0.29, 0.717) is 6.07 Å². The summed E-state index contributed by atoms with van der Waals surface area (Å²) in [6.45, 7) is -0.0688. The van der Waals surface area contributed by atoms with Crippen molar-refractivity contribution in [3.05, 3.63) is 29.3 Å². The first-order valence-corrected chi connectivity index (χ1v) is 5.64. The molecule has 0 aliphatic heterocycles. The fraction of sp³-hybridized carbons (Fsp3) is 0.250. The summed E-state index contributed by atoms with van der Waals surface area (Å²) < 4.78 is 59.4. The van der Waals surface area contributed by atoms with E-state index >= 15 is 0 Å². The predicted octanol–water partition coefficient (Wildman–Crippen LogP) is 0.812. The van der Waals surface area contributed by atoms with Gasteiger partial charge >= 0.3 is 6.18 Å². The molecule has 4 nitrogen and oxygen atoms in total. The molecular weight excluding hydrogens is 245 g/mol. The third-order valence-corrected chi connectivity index (χ3v) is 2.84. The molecule has 0 unspecified atom stereocenters. The van der Waals surface area contributed by atoms with Gasteiger partial charge in [-0.15, -0.1) is 0 Å². The Balaban J connectivity index is 3.52. The fourth-order valence-electron chi connectivity index (χ4n) is 1.16. The average Bonchev–Trinajstić information content (AvgIpc) is 2.14. The number of nitrogens with two attached hydrogens (primary N) is 2. The number of alkyl halides is 3. The fourth-order valence-corrected chi connectivity index (χ4v) is 1.97. The van der Waals surface area contributed by atoms with Crippen molar-refractivity contribution in [2.75, 3.05) is 0 Å². The van der Waals surface area contributed by atoms with Crippen molar-refractivity contribution in [3.8, 4) is 0 Å². The lowest BCUT2D eigenvalue weighted by Crippen LogP contribution is -2.19. The minimum Gasteiger partial charge on any atom is -0.326 e. The van der Waals surface area contributed by atoms with E-state index in [2.05, 4.69) is 0 Å². The normalized spacial score (nSPS) is 12.8. The molecule has 0 aliphatic carbocycles. The molecule has 0 fully saturated rings. The Kier molecular flexibility index (Phi) is 3.27. The molecule has 0 saturated heterocycles. The second-order valence-corrected chi connectivity index (χ2v) is 4.61. The summed E-state index contributed by atoms with van der Waals surface area (Å²) in [6, 6.07) is 2.59. The van der Waals surface area contributed by atoms with Gasteiger partial charge in [0.1, 0.15) is 0 Å². The smallest absolute Gasteiger partial charge is 0.326 e. The van der Waals surface area contributed by atoms with E-state index < -0.39 is 26.7 Å². The van der Waals surface area contributed by atoms with E-state index in [1.807, 2.05) is 0 Å². The van der Waals surface area contributed by atoms with Crippen LogP contribution in [0.15, 0.2) is 23.1 Å². The molecule has 8 heteroatoms. The first-order chi connectivity index (χ1) is 7.16. The van der Waals surface area contributed by atoms with Crippen LogP contribution in [0.1, 0.15) is 11.1 Å². The number of hydrogen-bond donors (Lipinski definition) is 2. The van der Waals surface area contributed by atoms with Crippen molar-refractivity contribution in [2.24, 2.45) is 10.9 Å². The van der Waals surface area contributed by atoms with Gasteiger partial charge in [0.05, 0.1) is 10.5 Å². The highest BCUT2D eigenvalue weighted by molar-refractivity contribution is 7.89. The van der Waals surface area contributed by atoms with Crippen LogP contribution >= 0.6 is 0 Å². The van der Waals surface area contributed by atoms with Gasteiger partial charge in [0.15, 0.2) is 0 Å². The Bertz CT molecular complexity index is 496. The molecule has 0 aliphatic rings. The third kappa shape index (κ3) is 2.71. The van der Waals surface area contributed by atoms with E-state index in [1.165, 1.54) is 0 Å². The highest BCUT2D eigenvalue weighted by Crippen LogP contribution is 2.34. The van der Waals surface area contributed by atoms with Crippen LogP contribution in [0.4, 0.5) is 13.2 Å². The molecule has 4 N–H and O–H groups in total. The van der Waals surface area contributed by atoms with E-state index in [1.54, 1.807) is 0 Å². The molecule has 0 spiro atoms. The number of rotatable bonds is 2. The Morgan fingerprint density at radius 3 is 2.19 bits per heavy atom. The van der Waals surface area contributed by atoms with Gasteiger partial charge in [-0.2, -0.15) is 13.2 Å². The molecule has 16 heavy (non-hydrogen) atoms. The van der Waals surface area contributed by atoms with Gasteiger partial charge in [-0.05, 0) is 17.7 Å². The summed E-state index contributed by atoms with van der Waals surface area (Å²) in [5, 5.41) is 4.71. The van der Waals surface area contributed by atoms with Gasteiger partial charge in [0.2, 0.25) is 10.0 Å². The molecule has 0 heterocycles. The lowest BCUT2D eigenvalue weighted by molar-refractivity contribution is -0.139. The number of sulfonamides is 1. The first-order valence-electron chi connectivity index (χ1n) is 4.09. The Morgan fingerprint density at radius 1 is 1.25 bits per heavy atom. The highest BCUT2D eigenvalue weighted by Gasteiger charge is 2.36. The monoisotopic (exact) mass is 254 g/mol. The Hall–Kier alpha value is -1.12. The van der Waals surface area contributed by atoms with Crippen LogP contribution in [-0.4, -0.2) is 8.42 Å². The van der Waals surface area contributed by atoms with Crippen LogP contribution in [0.5, 0.6) is 0 Å². The van der Waals surface area contributed by atoms with Crippen molar-refractivity contribution >= 4 is 10.0 Å². The number of benzene rings is 1. The van der Waals surface area contributed by atoms with Crippen LogP contribution in [-0.2, 0) is 22.7 Å². The van der Waals surface area contributed by atoms with Crippen molar-refractivity contribution in [1.29, 1.82) is 0 Å². The highest BCUT2D eigenvalue weighted by atomic mass is 32.2. The number of primary sulfonamides is 1. The van der Waals surface area contributed by atoms with Gasteiger partial charge in [-0.1, -0.05) is 6.07 Å². The maximum Gasteiger partial charge on any atom is 0.417 e. The van der Waals surface area contributed by atoms with Crippen molar-refractivity contribution < 1.29 is 21.6 Å². The standard InChI is InChI=1S/C8H9F3N2O2S/c9-8(10,11)6-2-1-5(4-12)3-7(6)16(13,14)15/h1-3H,4,12H2,(H2,13,14,15). The lowest BCUT2D eigenvalue weighted by atomic mass is 10.1. The van der Waals surface area contributed by atoms with Gasteiger partial charge < -0.3 is 5.73 Å². The first kappa shape index (κ1) is 12.9. The zero-order chi connectivity index (χ0) is 12.6. The topological polar surface area (TPSA) is 86.2 Å². The van der Waals surface area contributed by atoms with Crippen LogP contribution in [0, 0.1) is 0 Å². The summed E-state index contributed by atoms with van der Waals surface area (Å²) in [6.07, 6.45) is -4.77. The second-order valence-electron chi connectivity index (χ2n) is 3.08. The summed E-state index contributed by atoms with van der Waals surface area (Å²) >= 11 is 0. The Morgan fingerprint density at radius 2 is 1.81 bits per heavy atom. The summed E-state index contributed by atoms with van der Waals surface area (Å²) in [4.78, 5) is -0.956. The van der Waals surface area contributed by atoms with Gasteiger partial charge in [0, 0.05) is 6.54 Å². The van der Waals surface area contributed by atoms with Crippen LogP contribution in [0.2, 0.25) is 0 Å². The molecule has 0 aromatic heterocycles. The van der Waals surface area contributed by atoms with Crippen LogP contribution < -0.4 is 10.9 Å². The van der Waals surface area contributed by atoms with Crippen LogP contribution in [0.25, 0.3) is 0 Å². The third-order valence-electron chi connectivity index (χ3n) is 1.89. The molecule has 0 radical (unpaired) electrons. The van der Waals surface area contributed by atoms with Crippen molar-refractivity contribution in [3.63, 3.8) is 0 Å². The quantitative estimate of drug-likeness (QED) is 0.818. The van der Waals surface area contributed by atoms with E-state index in [-0.39, 0.29) is 12.1 Å². The second kappa shape index (κ2) is 4.04. The maximum atomic E-state index is 12.5. The predicted molar refractivity (Wildman–Crippen MR) is 50.7 cm³/mol. The molecule has 0 bridgehead atoms. The molecule has 1 aromatic rings. The van der Waals surface area contributed by atoms with Crippen LogP contribution in [0.3, 0.4) is 0 Å². The number of hydrogen-bond acceptors (Lipinski definition) is 3. The minimum absolute atomic E-state index is 0.0688. The summed E-state index contributed by atoms with van der Waals surface area (Å²) in [7, 11) is -4.42.